The summed E-state index contributed by atoms with van der Waals surface area (Å²) in [5.74, 6) is 0.323. The van der Waals surface area contributed by atoms with Crippen molar-refractivity contribution in [3.63, 3.8) is 0 Å². The van der Waals surface area contributed by atoms with E-state index in [1.54, 1.807) is 19.2 Å². The number of halogens is 1. The van der Waals surface area contributed by atoms with Gasteiger partial charge in [0.2, 0.25) is 5.78 Å². The summed E-state index contributed by atoms with van der Waals surface area (Å²) in [6, 6.07) is 22.4. The second kappa shape index (κ2) is 19.9. The summed E-state index contributed by atoms with van der Waals surface area (Å²) in [5, 5.41) is 4.34. The molecule has 0 aromatic heterocycles. The molecular formula is C49H75IN13O4S+3. The highest BCUT2D eigenvalue weighted by Crippen LogP contribution is 2.33. The van der Waals surface area contributed by atoms with Gasteiger partial charge >= 0.3 is 0 Å². The number of rotatable bonds is 10. The van der Waals surface area contributed by atoms with Crippen molar-refractivity contribution in [2.75, 3.05) is 146 Å². The summed E-state index contributed by atoms with van der Waals surface area (Å²) in [7, 11) is -1.47. The van der Waals surface area contributed by atoms with Crippen LogP contribution < -0.4 is 0 Å². The van der Waals surface area contributed by atoms with Crippen molar-refractivity contribution in [2.24, 2.45) is 5.16 Å². The van der Waals surface area contributed by atoms with Gasteiger partial charge in [-0.3, -0.25) is 18.2 Å². The van der Waals surface area contributed by atoms with Gasteiger partial charge < -0.3 is 4.84 Å². The molecule has 1 aliphatic carbocycles. The van der Waals surface area contributed by atoms with Gasteiger partial charge in [0, 0.05) is 26.5 Å². The van der Waals surface area contributed by atoms with Crippen LogP contribution in [0.1, 0.15) is 60.3 Å². The first-order valence-corrected chi connectivity index (χ1v) is 26.6. The van der Waals surface area contributed by atoms with Gasteiger partial charge in [0.25, 0.3) is 0 Å². The zero-order valence-electron chi connectivity index (χ0n) is 38.8. The lowest BCUT2D eigenvalue weighted by molar-refractivity contribution is -0.991. The number of carbonyl (C=O) groups excluding carboxylic acids is 1. The average molecular weight is 1070 g/mol. The van der Waals surface area contributed by atoms with Crippen LogP contribution in [0.25, 0.3) is 0 Å². The topological polar surface area (TPSA) is 102 Å². The van der Waals surface area contributed by atoms with E-state index in [1.165, 1.54) is 45.8 Å². The number of quaternary nitrogens is 3. The minimum Gasteiger partial charge on any atom is -0.399 e. The van der Waals surface area contributed by atoms with E-state index < -0.39 is 9.84 Å². The van der Waals surface area contributed by atoms with Crippen LogP contribution in [0.5, 0.6) is 0 Å². The predicted molar refractivity (Wildman–Crippen MR) is 272 cm³/mol. The SMILES string of the molecule is C.C.CO/N=C(/C[N+]12CN3CN(CN(C3)C1)C2)c1ccc(I)cc1.CS(=O)(=O)c1ccc(C[N+]23CN4CN(CN(C4)C2)C3)cc1.O=C(C[N+]12CN3CN(CN(C3)C1)C2)c1ccc2c(c1)CCCC2. The number of benzene rings is 3. The number of Topliss-reactive ketones (excluding diaryl/α,β-unsaturated/α-hetero) is 1. The molecule has 0 atom stereocenters. The van der Waals surface area contributed by atoms with E-state index in [4.69, 9.17) is 4.84 Å². The Labute approximate surface area is 419 Å². The number of hydrogen-bond acceptors (Lipinski definition) is 14. The number of fused-ring (bicyclic) bond motifs is 1. The van der Waals surface area contributed by atoms with Crippen molar-refractivity contribution in [1.29, 1.82) is 0 Å². The molecule has 13 aliphatic rings. The first-order chi connectivity index (χ1) is 31.8. The molecule has 0 radical (unpaired) electrons. The summed E-state index contributed by atoms with van der Waals surface area (Å²) in [4.78, 5) is 40.9. The highest BCUT2D eigenvalue weighted by molar-refractivity contribution is 14.1. The fourth-order valence-corrected chi connectivity index (χ4v) is 14.2. The number of oxime groups is 1. The minimum atomic E-state index is -3.10. The van der Waals surface area contributed by atoms with Crippen LogP contribution in [0.15, 0.2) is 76.8 Å². The molecule has 370 valence electrons. The molecule has 16 rings (SSSR count). The second-order valence-corrected chi connectivity index (χ2v) is 24.6. The Balaban J connectivity index is 0.000000126. The average Bonchev–Trinajstić information content (AvgIpc) is 3.25. The predicted octanol–water partition coefficient (Wildman–Crippen LogP) is 3.78. The van der Waals surface area contributed by atoms with E-state index in [9.17, 15) is 13.2 Å². The summed E-state index contributed by atoms with van der Waals surface area (Å²) in [6.07, 6.45) is 6.14. The van der Waals surface area contributed by atoms with E-state index in [2.05, 4.69) is 114 Å². The molecule has 0 unspecified atom stereocenters. The van der Waals surface area contributed by atoms with Crippen LogP contribution in [-0.4, -0.2) is 224 Å². The molecular weight excluding hydrogens is 994 g/mol. The van der Waals surface area contributed by atoms with Crippen LogP contribution in [0.2, 0.25) is 0 Å². The number of aryl methyl sites for hydroxylation is 2. The van der Waals surface area contributed by atoms with E-state index >= 15 is 0 Å². The number of carbonyl (C=O) groups is 1. The van der Waals surface area contributed by atoms with Crippen molar-refractivity contribution in [3.8, 4) is 0 Å². The van der Waals surface area contributed by atoms with E-state index in [1.807, 2.05) is 12.1 Å². The Morgan fingerprint density at radius 3 is 1.43 bits per heavy atom. The molecule has 68 heavy (non-hydrogen) atoms. The maximum atomic E-state index is 12.9. The molecule has 0 spiro atoms. The van der Waals surface area contributed by atoms with Crippen molar-refractivity contribution in [1.82, 2.24) is 44.1 Å². The molecule has 0 saturated carbocycles. The molecule has 0 N–H and O–H groups in total. The quantitative estimate of drug-likeness (QED) is 0.0971. The monoisotopic (exact) mass is 1070 g/mol. The van der Waals surface area contributed by atoms with Crippen LogP contribution >= 0.6 is 22.6 Å². The van der Waals surface area contributed by atoms with Gasteiger partial charge in [-0.25, -0.2) is 52.5 Å². The van der Waals surface area contributed by atoms with Crippen LogP contribution in [0.3, 0.4) is 0 Å². The minimum absolute atomic E-state index is 0. The molecule has 19 heteroatoms. The van der Waals surface area contributed by atoms with Gasteiger partial charge in [-0.1, -0.05) is 56.4 Å². The summed E-state index contributed by atoms with van der Waals surface area (Å²) >= 11 is 2.33. The molecule has 12 aliphatic heterocycles. The van der Waals surface area contributed by atoms with Crippen molar-refractivity contribution >= 4 is 43.9 Å². The van der Waals surface area contributed by atoms with Crippen molar-refractivity contribution < 1.29 is 31.5 Å². The molecule has 3 aromatic carbocycles. The van der Waals surface area contributed by atoms with Gasteiger partial charge in [-0.2, -0.15) is 0 Å². The highest BCUT2D eigenvalue weighted by Gasteiger charge is 2.51. The zero-order valence-corrected chi connectivity index (χ0v) is 41.7. The van der Waals surface area contributed by atoms with Crippen molar-refractivity contribution in [2.45, 2.75) is 52.0 Å². The summed E-state index contributed by atoms with van der Waals surface area (Å²) in [6.45, 7) is 22.0. The molecule has 12 saturated heterocycles. The molecule has 12 bridgehead atoms. The van der Waals surface area contributed by atoms with Crippen LogP contribution in [0.4, 0.5) is 0 Å². The van der Waals surface area contributed by atoms with E-state index in [0.717, 1.165) is 170 Å². The Bertz CT molecular complexity index is 2330. The maximum absolute atomic E-state index is 12.9. The van der Waals surface area contributed by atoms with Gasteiger partial charge in [0.15, 0.2) is 9.84 Å². The van der Waals surface area contributed by atoms with Crippen molar-refractivity contribution in [3.05, 3.63) is 98.1 Å². The largest absolute Gasteiger partial charge is 0.399 e. The van der Waals surface area contributed by atoms with Crippen LogP contribution in [0, 0.1) is 3.57 Å². The van der Waals surface area contributed by atoms with E-state index in [0.29, 0.717) is 17.2 Å². The standard InChI is InChI=1S/C18H25N4O.C15H21IN5O.C14H21N4O2S.2CH4/c23-18(17-6-5-15-3-1-2-4-16(15)7-17)8-22-12-19-9-20(13-22)11-21(10-19)14-22;1-22-17-15(13-2-4-14(16)5-3-13)6-21-10-18-7-19(11-21)9-20(8-18)12-21;1-21(19,20)14-4-2-13(3-5-14)6-18-10-15-7-16(11-18)9-17(8-15)12-18;;/h5-7H,1-4,8-14H2;2-5H,6-12H2,1H3;2-5H,6-12H2,1H3;2*1H4/q3*+1;;/b;17-15-;;;. The molecule has 0 amide bonds. The highest BCUT2D eigenvalue weighted by atomic mass is 127. The van der Waals surface area contributed by atoms with Gasteiger partial charge in [-0.15, -0.1) is 0 Å². The summed E-state index contributed by atoms with van der Waals surface area (Å²) in [5.41, 5.74) is 7.23. The molecule has 3 aromatic rings. The van der Waals surface area contributed by atoms with E-state index in [-0.39, 0.29) is 14.9 Å². The first-order valence-electron chi connectivity index (χ1n) is 23.6. The van der Waals surface area contributed by atoms with Gasteiger partial charge in [-0.05, 0) is 89.7 Å². The normalized spacial score (nSPS) is 36.3. The first kappa shape index (κ1) is 50.0. The third-order valence-corrected chi connectivity index (χ3v) is 16.8. The lowest BCUT2D eigenvalue weighted by Gasteiger charge is -2.60. The number of hydrogen-bond donors (Lipinski definition) is 0. The third-order valence-electron chi connectivity index (χ3n) is 15.0. The molecule has 17 nitrogen and oxygen atoms in total. The zero-order chi connectivity index (χ0) is 45.3. The Kier molecular flexibility index (Phi) is 14.6. The number of ketones is 1. The fourth-order valence-electron chi connectivity index (χ4n) is 13.2. The number of sulfone groups is 1. The Morgan fingerprint density at radius 2 is 0.985 bits per heavy atom. The lowest BCUT2D eigenvalue weighted by atomic mass is 9.89. The Hall–Kier alpha value is -3.00. The second-order valence-electron chi connectivity index (χ2n) is 21.3. The van der Waals surface area contributed by atoms with Gasteiger partial charge in [0.1, 0.15) is 92.5 Å². The molecule has 12 heterocycles. The molecule has 12 fully saturated rings. The maximum Gasteiger partial charge on any atom is 0.217 e. The smallest absolute Gasteiger partial charge is 0.217 e. The van der Waals surface area contributed by atoms with Crippen LogP contribution in [-0.2, 0) is 34.1 Å². The Morgan fingerprint density at radius 1 is 0.574 bits per heavy atom. The number of nitrogens with zero attached hydrogens (tertiary/aromatic N) is 13. The summed E-state index contributed by atoms with van der Waals surface area (Å²) < 4.78 is 27.3. The fraction of sp³-hybridized carbons (Fsp3) is 0.592. The lowest BCUT2D eigenvalue weighted by Crippen LogP contribution is -2.79. The van der Waals surface area contributed by atoms with Gasteiger partial charge in [0.05, 0.1) is 64.9 Å². The third kappa shape index (κ3) is 10.8.